The number of rotatable bonds is 9. The Morgan fingerprint density at radius 2 is 1.75 bits per heavy atom. The topological polar surface area (TPSA) is 80.2 Å². The molecule has 0 bridgehead atoms. The van der Waals surface area contributed by atoms with Crippen molar-refractivity contribution < 1.29 is 19.1 Å². The minimum absolute atomic E-state index is 0.0984. The first kappa shape index (κ1) is 25.5. The summed E-state index contributed by atoms with van der Waals surface area (Å²) < 4.78 is 11.2. The third kappa shape index (κ3) is 6.56. The summed E-state index contributed by atoms with van der Waals surface area (Å²) in [7, 11) is 0. The molecule has 0 unspecified atom stereocenters. The quantitative estimate of drug-likeness (QED) is 0.296. The van der Waals surface area contributed by atoms with Crippen LogP contribution in [0.1, 0.15) is 24.5 Å². The molecule has 3 aromatic carbocycles. The Hall–Kier alpha value is -3.55. The van der Waals surface area contributed by atoms with Gasteiger partial charge in [-0.25, -0.2) is 5.43 Å². The Kier molecular flexibility index (Phi) is 8.46. The van der Waals surface area contributed by atoms with Gasteiger partial charge in [-0.1, -0.05) is 29.3 Å². The smallest absolute Gasteiger partial charge is 0.245 e. The van der Waals surface area contributed by atoms with Gasteiger partial charge in [-0.2, -0.15) is 5.10 Å². The summed E-state index contributed by atoms with van der Waals surface area (Å²) in [6, 6.07) is 19.8. The van der Waals surface area contributed by atoms with E-state index in [1.165, 1.54) is 0 Å². The standard InChI is InChI=1S/C27H25Cl2N3O4/c1-2-35-23-11-7-22(8-12-23)32-16-20(13-26(32)33)27(34)31-30-15-18-3-9-24(10-4-18)36-17-19-5-6-21(28)14-25(19)29/h3-12,14-15,20H,2,13,16-17H2,1H3,(H,31,34)/b30-15-/t20-/m0/s1. The average Bonchev–Trinajstić information content (AvgIpc) is 3.26. The fraction of sp³-hybridized carbons (Fsp3) is 0.222. The first-order valence-corrected chi connectivity index (χ1v) is 12.2. The van der Waals surface area contributed by atoms with Crippen molar-refractivity contribution in [3.8, 4) is 11.5 Å². The molecule has 1 heterocycles. The van der Waals surface area contributed by atoms with E-state index in [-0.39, 0.29) is 18.2 Å². The van der Waals surface area contributed by atoms with E-state index in [1.54, 1.807) is 35.4 Å². The van der Waals surface area contributed by atoms with Gasteiger partial charge >= 0.3 is 0 Å². The van der Waals surface area contributed by atoms with Crippen LogP contribution in [0.15, 0.2) is 71.8 Å². The Morgan fingerprint density at radius 3 is 2.44 bits per heavy atom. The van der Waals surface area contributed by atoms with Crippen molar-refractivity contribution in [1.82, 2.24) is 5.43 Å². The molecular weight excluding hydrogens is 501 g/mol. The number of ether oxygens (including phenoxy) is 2. The number of nitrogens with zero attached hydrogens (tertiary/aromatic N) is 2. The van der Waals surface area contributed by atoms with Gasteiger partial charge in [0.1, 0.15) is 18.1 Å². The minimum Gasteiger partial charge on any atom is -0.494 e. The molecule has 36 heavy (non-hydrogen) atoms. The third-order valence-corrected chi connectivity index (χ3v) is 6.22. The van der Waals surface area contributed by atoms with E-state index in [0.29, 0.717) is 35.6 Å². The van der Waals surface area contributed by atoms with E-state index >= 15 is 0 Å². The maximum absolute atomic E-state index is 12.6. The maximum atomic E-state index is 12.6. The van der Waals surface area contributed by atoms with Crippen LogP contribution in [0.4, 0.5) is 5.69 Å². The largest absolute Gasteiger partial charge is 0.494 e. The minimum atomic E-state index is -0.475. The molecule has 9 heteroatoms. The predicted molar refractivity (Wildman–Crippen MR) is 141 cm³/mol. The van der Waals surface area contributed by atoms with Crippen molar-refractivity contribution in [3.05, 3.63) is 87.9 Å². The summed E-state index contributed by atoms with van der Waals surface area (Å²) in [5, 5.41) is 5.17. The second-order valence-corrected chi connectivity index (χ2v) is 9.00. The highest BCUT2D eigenvalue weighted by molar-refractivity contribution is 6.35. The van der Waals surface area contributed by atoms with Crippen LogP contribution < -0.4 is 19.8 Å². The van der Waals surface area contributed by atoms with Crippen LogP contribution in [0.5, 0.6) is 11.5 Å². The lowest BCUT2D eigenvalue weighted by Crippen LogP contribution is -2.30. The normalized spacial score (nSPS) is 15.4. The van der Waals surface area contributed by atoms with Gasteiger partial charge in [-0.15, -0.1) is 0 Å². The van der Waals surface area contributed by atoms with Crippen LogP contribution in [0.3, 0.4) is 0 Å². The number of amides is 2. The monoisotopic (exact) mass is 525 g/mol. The van der Waals surface area contributed by atoms with Crippen molar-refractivity contribution >= 4 is 46.9 Å². The molecule has 1 N–H and O–H groups in total. The number of carbonyl (C=O) groups is 2. The summed E-state index contributed by atoms with van der Waals surface area (Å²) in [6.45, 7) is 3.10. The zero-order chi connectivity index (χ0) is 25.5. The summed E-state index contributed by atoms with van der Waals surface area (Å²) in [4.78, 5) is 26.6. The van der Waals surface area contributed by atoms with Crippen molar-refractivity contribution in [1.29, 1.82) is 0 Å². The number of hydrogen-bond acceptors (Lipinski definition) is 5. The van der Waals surface area contributed by atoms with Gasteiger partial charge in [0.15, 0.2) is 0 Å². The van der Waals surface area contributed by atoms with Gasteiger partial charge < -0.3 is 14.4 Å². The summed E-state index contributed by atoms with van der Waals surface area (Å²) in [6.07, 6.45) is 1.68. The molecule has 3 aromatic rings. The van der Waals surface area contributed by atoms with Crippen LogP contribution in [0.25, 0.3) is 0 Å². The molecular formula is C27H25Cl2N3O4. The molecule has 1 atom stereocenters. The van der Waals surface area contributed by atoms with E-state index in [9.17, 15) is 9.59 Å². The highest BCUT2D eigenvalue weighted by atomic mass is 35.5. The Labute approximate surface area is 219 Å². The van der Waals surface area contributed by atoms with Gasteiger partial charge in [0.2, 0.25) is 11.8 Å². The second kappa shape index (κ2) is 11.9. The predicted octanol–water partition coefficient (Wildman–Crippen LogP) is 5.47. The van der Waals surface area contributed by atoms with E-state index < -0.39 is 5.92 Å². The van der Waals surface area contributed by atoms with Crippen LogP contribution in [-0.2, 0) is 16.2 Å². The van der Waals surface area contributed by atoms with Crippen LogP contribution >= 0.6 is 23.2 Å². The van der Waals surface area contributed by atoms with Crippen molar-refractivity contribution in [2.45, 2.75) is 20.0 Å². The second-order valence-electron chi connectivity index (χ2n) is 8.16. The molecule has 2 amide bonds. The van der Waals surface area contributed by atoms with Crippen LogP contribution in [0.2, 0.25) is 10.0 Å². The van der Waals surface area contributed by atoms with Gasteiger partial charge in [-0.05, 0) is 73.2 Å². The number of halogens is 2. The van der Waals surface area contributed by atoms with E-state index in [2.05, 4.69) is 10.5 Å². The summed E-state index contributed by atoms with van der Waals surface area (Å²) >= 11 is 12.1. The molecule has 0 spiro atoms. The molecule has 4 rings (SSSR count). The lowest BCUT2D eigenvalue weighted by molar-refractivity contribution is -0.126. The number of hydrazone groups is 1. The van der Waals surface area contributed by atoms with E-state index in [1.807, 2.05) is 49.4 Å². The number of carbonyl (C=O) groups excluding carboxylic acids is 2. The summed E-state index contributed by atoms with van der Waals surface area (Å²) in [5.74, 6) is 0.534. The molecule has 186 valence electrons. The molecule has 0 aliphatic carbocycles. The van der Waals surface area contributed by atoms with Gasteiger partial charge in [0.25, 0.3) is 0 Å². The zero-order valence-corrected chi connectivity index (χ0v) is 21.1. The SMILES string of the molecule is CCOc1ccc(N2C[C@@H](C(=O)N/N=C\c3ccc(OCc4ccc(Cl)cc4Cl)cc3)CC2=O)cc1. The van der Waals surface area contributed by atoms with Crippen molar-refractivity contribution in [3.63, 3.8) is 0 Å². The number of benzene rings is 3. The highest BCUT2D eigenvalue weighted by Gasteiger charge is 2.35. The summed E-state index contributed by atoms with van der Waals surface area (Å²) in [5.41, 5.74) is 4.89. The molecule has 1 aliphatic heterocycles. The lowest BCUT2D eigenvalue weighted by atomic mass is 10.1. The molecule has 1 aliphatic rings. The zero-order valence-electron chi connectivity index (χ0n) is 19.6. The van der Waals surface area contributed by atoms with Crippen molar-refractivity contribution in [2.24, 2.45) is 11.0 Å². The molecule has 7 nitrogen and oxygen atoms in total. The highest BCUT2D eigenvalue weighted by Crippen LogP contribution is 2.27. The number of nitrogens with one attached hydrogen (secondary N) is 1. The fourth-order valence-electron chi connectivity index (χ4n) is 3.73. The average molecular weight is 526 g/mol. The van der Waals surface area contributed by atoms with Gasteiger partial charge in [0, 0.05) is 34.3 Å². The molecule has 0 aromatic heterocycles. The third-order valence-electron chi connectivity index (χ3n) is 5.63. The Bertz CT molecular complexity index is 1250. The number of hydrogen-bond donors (Lipinski definition) is 1. The maximum Gasteiger partial charge on any atom is 0.245 e. The van der Waals surface area contributed by atoms with E-state index in [4.69, 9.17) is 32.7 Å². The van der Waals surface area contributed by atoms with Crippen LogP contribution in [0, 0.1) is 5.92 Å². The van der Waals surface area contributed by atoms with Gasteiger partial charge in [0.05, 0.1) is 18.7 Å². The van der Waals surface area contributed by atoms with Crippen molar-refractivity contribution in [2.75, 3.05) is 18.1 Å². The first-order valence-electron chi connectivity index (χ1n) is 11.5. The number of anilines is 1. The van der Waals surface area contributed by atoms with Gasteiger partial charge in [-0.3, -0.25) is 9.59 Å². The van der Waals surface area contributed by atoms with Crippen LogP contribution in [-0.4, -0.2) is 31.2 Å². The van der Waals surface area contributed by atoms with E-state index in [0.717, 1.165) is 22.6 Å². The molecule has 1 fully saturated rings. The fourth-order valence-corrected chi connectivity index (χ4v) is 4.20. The molecule has 0 saturated carbocycles. The first-order chi connectivity index (χ1) is 17.4. The Balaban J connectivity index is 1.26. The Morgan fingerprint density at radius 1 is 1.06 bits per heavy atom. The molecule has 0 radical (unpaired) electrons. The lowest BCUT2D eigenvalue weighted by Gasteiger charge is -2.17. The molecule has 1 saturated heterocycles.